The fourth-order valence-electron chi connectivity index (χ4n) is 1.72. The zero-order valence-corrected chi connectivity index (χ0v) is 13.5. The lowest BCUT2D eigenvalue weighted by molar-refractivity contribution is 0.105. The summed E-state index contributed by atoms with van der Waals surface area (Å²) >= 11 is 0. The van der Waals surface area contributed by atoms with Gasteiger partial charge in [0.1, 0.15) is 24.2 Å². The Kier molecular flexibility index (Phi) is 8.12. The summed E-state index contributed by atoms with van der Waals surface area (Å²) in [6, 6.07) is 7.90. The smallest absolute Gasteiger partial charge is 0.123 e. The minimum absolute atomic E-state index is 0.264. The molecule has 2 N–H and O–H groups in total. The van der Waals surface area contributed by atoms with E-state index in [1.807, 2.05) is 18.2 Å². The summed E-state index contributed by atoms with van der Waals surface area (Å²) in [6.45, 7) is 6.93. The minimum atomic E-state index is -0.527. The summed E-state index contributed by atoms with van der Waals surface area (Å²) in [7, 11) is 3.71. The molecule has 0 aromatic heterocycles. The topological polar surface area (TPSA) is 54.0 Å². The number of aliphatic hydroxyl groups is 1. The molecule has 0 saturated heterocycles. The maximum absolute atomic E-state index is 9.88. The molecule has 0 aliphatic heterocycles. The number of hydrogen-bond donors (Lipinski definition) is 2. The first-order valence-corrected chi connectivity index (χ1v) is 7.38. The van der Waals surface area contributed by atoms with E-state index in [1.54, 1.807) is 13.2 Å². The van der Waals surface area contributed by atoms with Crippen molar-refractivity contribution in [3.63, 3.8) is 0 Å². The molecule has 0 amide bonds. The average molecular weight is 296 g/mol. The summed E-state index contributed by atoms with van der Waals surface area (Å²) in [5, 5.41) is 13.1. The van der Waals surface area contributed by atoms with Crippen molar-refractivity contribution < 1.29 is 14.6 Å². The summed E-state index contributed by atoms with van der Waals surface area (Å²) < 4.78 is 10.7. The standard InChI is InChI=1S/C16H28N2O3/c1-13(2)18(3)9-8-17-11-14(19)12-21-16-7-5-6-15(10-16)20-4/h5-7,10,13-14,17,19H,8-9,11-12H2,1-4H3. The highest BCUT2D eigenvalue weighted by atomic mass is 16.5. The Labute approximate surface area is 127 Å². The van der Waals surface area contributed by atoms with Gasteiger partial charge >= 0.3 is 0 Å². The molecular formula is C16H28N2O3. The van der Waals surface area contributed by atoms with E-state index in [9.17, 15) is 5.11 Å². The van der Waals surface area contributed by atoms with Gasteiger partial charge in [-0.05, 0) is 33.0 Å². The van der Waals surface area contributed by atoms with Gasteiger partial charge in [0.25, 0.3) is 0 Å². The highest BCUT2D eigenvalue weighted by Gasteiger charge is 2.06. The zero-order chi connectivity index (χ0) is 15.7. The van der Waals surface area contributed by atoms with Gasteiger partial charge in [0, 0.05) is 31.7 Å². The largest absolute Gasteiger partial charge is 0.497 e. The van der Waals surface area contributed by atoms with Gasteiger partial charge in [-0.2, -0.15) is 0 Å². The van der Waals surface area contributed by atoms with E-state index in [4.69, 9.17) is 9.47 Å². The van der Waals surface area contributed by atoms with Crippen molar-refractivity contribution in [2.45, 2.75) is 26.0 Å². The van der Waals surface area contributed by atoms with E-state index < -0.39 is 6.10 Å². The predicted molar refractivity (Wildman–Crippen MR) is 85.1 cm³/mol. The maximum atomic E-state index is 9.88. The number of nitrogens with one attached hydrogen (secondary N) is 1. The first-order valence-electron chi connectivity index (χ1n) is 7.38. The Bertz CT molecular complexity index is 399. The van der Waals surface area contributed by atoms with Crippen molar-refractivity contribution in [2.75, 3.05) is 40.4 Å². The normalized spacial score (nSPS) is 12.7. The molecule has 0 radical (unpaired) electrons. The van der Waals surface area contributed by atoms with Gasteiger partial charge in [0.2, 0.25) is 0 Å². The van der Waals surface area contributed by atoms with Gasteiger partial charge in [-0.25, -0.2) is 0 Å². The molecule has 120 valence electrons. The number of aliphatic hydroxyl groups excluding tert-OH is 1. The molecule has 0 aliphatic rings. The fraction of sp³-hybridized carbons (Fsp3) is 0.625. The Morgan fingerprint density at radius 3 is 2.67 bits per heavy atom. The van der Waals surface area contributed by atoms with Crippen LogP contribution in [0.4, 0.5) is 0 Å². The van der Waals surface area contributed by atoms with Gasteiger partial charge in [-0.1, -0.05) is 6.07 Å². The van der Waals surface area contributed by atoms with Crippen LogP contribution in [0.3, 0.4) is 0 Å². The molecule has 0 bridgehead atoms. The van der Waals surface area contributed by atoms with Gasteiger partial charge in [0.15, 0.2) is 0 Å². The number of nitrogens with zero attached hydrogens (tertiary/aromatic N) is 1. The Morgan fingerprint density at radius 2 is 2.00 bits per heavy atom. The molecule has 1 aromatic carbocycles. The van der Waals surface area contributed by atoms with Crippen LogP contribution >= 0.6 is 0 Å². The van der Waals surface area contributed by atoms with Crippen molar-refractivity contribution in [1.82, 2.24) is 10.2 Å². The first kappa shape index (κ1) is 17.8. The highest BCUT2D eigenvalue weighted by molar-refractivity contribution is 5.32. The second-order valence-corrected chi connectivity index (χ2v) is 5.42. The van der Waals surface area contributed by atoms with E-state index in [0.29, 0.717) is 18.3 Å². The van der Waals surface area contributed by atoms with Crippen LogP contribution in [-0.4, -0.2) is 62.6 Å². The number of likely N-dealkylation sites (N-methyl/N-ethyl adjacent to an activating group) is 1. The zero-order valence-electron chi connectivity index (χ0n) is 13.5. The van der Waals surface area contributed by atoms with E-state index in [1.165, 1.54) is 0 Å². The van der Waals surface area contributed by atoms with Crippen molar-refractivity contribution in [1.29, 1.82) is 0 Å². The second kappa shape index (κ2) is 9.60. The van der Waals surface area contributed by atoms with Gasteiger partial charge in [-0.3, -0.25) is 0 Å². The number of hydrogen-bond acceptors (Lipinski definition) is 5. The van der Waals surface area contributed by atoms with Crippen molar-refractivity contribution >= 4 is 0 Å². The fourth-order valence-corrected chi connectivity index (χ4v) is 1.72. The number of rotatable bonds is 10. The summed E-state index contributed by atoms with van der Waals surface area (Å²) in [5.74, 6) is 1.45. The van der Waals surface area contributed by atoms with Crippen LogP contribution in [0.2, 0.25) is 0 Å². The lowest BCUT2D eigenvalue weighted by atomic mass is 10.3. The minimum Gasteiger partial charge on any atom is -0.497 e. The van der Waals surface area contributed by atoms with Gasteiger partial charge in [-0.15, -0.1) is 0 Å². The van der Waals surface area contributed by atoms with Crippen molar-refractivity contribution in [2.24, 2.45) is 0 Å². The molecule has 21 heavy (non-hydrogen) atoms. The van der Waals surface area contributed by atoms with E-state index in [0.717, 1.165) is 18.8 Å². The molecule has 1 unspecified atom stereocenters. The second-order valence-electron chi connectivity index (χ2n) is 5.42. The average Bonchev–Trinajstić information content (AvgIpc) is 2.49. The molecular weight excluding hydrogens is 268 g/mol. The SMILES string of the molecule is COc1cccc(OCC(O)CNCCN(C)C(C)C)c1. The molecule has 5 nitrogen and oxygen atoms in total. The number of benzene rings is 1. The van der Waals surface area contributed by atoms with Gasteiger partial charge in [0.05, 0.1) is 7.11 Å². The third kappa shape index (κ3) is 7.32. The molecule has 0 saturated carbocycles. The quantitative estimate of drug-likeness (QED) is 0.639. The Balaban J connectivity index is 2.17. The van der Waals surface area contributed by atoms with E-state index in [-0.39, 0.29) is 6.61 Å². The third-order valence-electron chi connectivity index (χ3n) is 3.39. The van der Waals surface area contributed by atoms with Crippen molar-refractivity contribution in [3.05, 3.63) is 24.3 Å². The number of ether oxygens (including phenoxy) is 2. The molecule has 0 spiro atoms. The predicted octanol–water partition coefficient (Wildman–Crippen LogP) is 1.36. The lowest BCUT2D eigenvalue weighted by Gasteiger charge is -2.21. The summed E-state index contributed by atoms with van der Waals surface area (Å²) in [5.41, 5.74) is 0. The molecule has 1 rings (SSSR count). The number of methoxy groups -OCH3 is 1. The van der Waals surface area contributed by atoms with E-state index >= 15 is 0 Å². The molecule has 0 heterocycles. The van der Waals surface area contributed by atoms with Crippen LogP contribution in [0.15, 0.2) is 24.3 Å². The van der Waals surface area contributed by atoms with Crippen LogP contribution in [0.25, 0.3) is 0 Å². The highest BCUT2D eigenvalue weighted by Crippen LogP contribution is 2.18. The summed E-state index contributed by atoms with van der Waals surface area (Å²) in [4.78, 5) is 2.26. The van der Waals surface area contributed by atoms with Crippen LogP contribution in [0.5, 0.6) is 11.5 Å². The molecule has 5 heteroatoms. The van der Waals surface area contributed by atoms with Crippen LogP contribution in [0, 0.1) is 0 Å². The van der Waals surface area contributed by atoms with Crippen LogP contribution < -0.4 is 14.8 Å². The molecule has 1 aromatic rings. The lowest BCUT2D eigenvalue weighted by Crippen LogP contribution is -2.38. The maximum Gasteiger partial charge on any atom is 0.123 e. The van der Waals surface area contributed by atoms with Crippen molar-refractivity contribution in [3.8, 4) is 11.5 Å². The first-order chi connectivity index (χ1) is 10.0. The molecule has 1 atom stereocenters. The Morgan fingerprint density at radius 1 is 1.29 bits per heavy atom. The monoisotopic (exact) mass is 296 g/mol. The molecule has 0 fully saturated rings. The molecule has 0 aliphatic carbocycles. The third-order valence-corrected chi connectivity index (χ3v) is 3.39. The van der Waals surface area contributed by atoms with Crippen LogP contribution in [0.1, 0.15) is 13.8 Å². The van der Waals surface area contributed by atoms with Gasteiger partial charge < -0.3 is 24.8 Å². The van der Waals surface area contributed by atoms with Crippen LogP contribution in [-0.2, 0) is 0 Å². The van der Waals surface area contributed by atoms with E-state index in [2.05, 4.69) is 31.1 Å². The summed E-state index contributed by atoms with van der Waals surface area (Å²) in [6.07, 6.45) is -0.527. The Hall–Kier alpha value is -1.30.